The van der Waals surface area contributed by atoms with Gasteiger partial charge in [0.1, 0.15) is 10.8 Å². The maximum atomic E-state index is 13.2. The number of aromatic nitrogens is 1. The van der Waals surface area contributed by atoms with Gasteiger partial charge in [0.05, 0.1) is 5.69 Å². The summed E-state index contributed by atoms with van der Waals surface area (Å²) in [5, 5.41) is 0.833. The minimum Gasteiger partial charge on any atom is -0.326 e. The smallest absolute Gasteiger partial charge is 0.124 e. The number of hydrogen-bond acceptors (Lipinski definition) is 3. The Labute approximate surface area is 111 Å². The van der Waals surface area contributed by atoms with E-state index in [1.165, 1.54) is 12.1 Å². The van der Waals surface area contributed by atoms with E-state index in [1.54, 1.807) is 17.4 Å². The lowest BCUT2D eigenvalue weighted by molar-refractivity contribution is 0.567. The van der Waals surface area contributed by atoms with Gasteiger partial charge in [0, 0.05) is 22.4 Å². The van der Waals surface area contributed by atoms with Crippen molar-refractivity contribution in [2.24, 2.45) is 5.73 Å². The van der Waals surface area contributed by atoms with Crippen LogP contribution in [0.3, 0.4) is 0 Å². The molecule has 0 atom stereocenters. The molecule has 0 saturated carbocycles. The summed E-state index contributed by atoms with van der Waals surface area (Å²) in [6.45, 7) is 6.79. The first-order valence-electron chi connectivity index (χ1n) is 5.88. The maximum absolute atomic E-state index is 13.2. The van der Waals surface area contributed by atoms with Gasteiger partial charge < -0.3 is 5.73 Å². The molecule has 0 aliphatic heterocycles. The molecule has 2 aromatic rings. The number of rotatable bonds is 2. The van der Waals surface area contributed by atoms with Gasteiger partial charge in [-0.2, -0.15) is 0 Å². The van der Waals surface area contributed by atoms with Crippen LogP contribution < -0.4 is 5.73 Å². The van der Waals surface area contributed by atoms with E-state index >= 15 is 0 Å². The average Bonchev–Trinajstić information content (AvgIpc) is 2.72. The van der Waals surface area contributed by atoms with Gasteiger partial charge in [-0.3, -0.25) is 0 Å². The minimum atomic E-state index is -0.241. The molecule has 0 bridgehead atoms. The monoisotopic (exact) mass is 264 g/mol. The molecule has 0 spiro atoms. The molecule has 1 aromatic heterocycles. The van der Waals surface area contributed by atoms with Crippen molar-refractivity contribution in [2.75, 3.05) is 0 Å². The summed E-state index contributed by atoms with van der Waals surface area (Å²) < 4.78 is 13.2. The number of halogens is 1. The number of thiazole rings is 1. The van der Waals surface area contributed by atoms with Gasteiger partial charge in [-0.15, -0.1) is 11.3 Å². The summed E-state index contributed by atoms with van der Waals surface area (Å²) in [7, 11) is 0. The Bertz CT molecular complexity index is 555. The molecular weight excluding hydrogens is 247 g/mol. The molecule has 0 unspecified atom stereocenters. The van der Waals surface area contributed by atoms with Crippen LogP contribution in [0, 0.1) is 5.82 Å². The summed E-state index contributed by atoms with van der Waals surface area (Å²) in [6.07, 6.45) is 0. The molecule has 2 rings (SSSR count). The second kappa shape index (κ2) is 4.78. The quantitative estimate of drug-likeness (QED) is 0.898. The number of nitrogens with zero attached hydrogens (tertiary/aromatic N) is 1. The zero-order chi connectivity index (χ0) is 13.3. The molecule has 0 fully saturated rings. The molecule has 18 heavy (non-hydrogen) atoms. The van der Waals surface area contributed by atoms with Gasteiger partial charge in [0.2, 0.25) is 0 Å². The largest absolute Gasteiger partial charge is 0.326 e. The van der Waals surface area contributed by atoms with E-state index in [-0.39, 0.29) is 11.2 Å². The molecule has 0 amide bonds. The first-order valence-corrected chi connectivity index (χ1v) is 6.69. The lowest BCUT2D eigenvalue weighted by Crippen LogP contribution is -2.15. The molecule has 96 valence electrons. The van der Waals surface area contributed by atoms with Crippen LogP contribution in [0.4, 0.5) is 4.39 Å². The summed E-state index contributed by atoms with van der Waals surface area (Å²) in [6, 6.07) is 6.51. The van der Waals surface area contributed by atoms with Crippen LogP contribution >= 0.6 is 11.3 Å². The number of nitrogens with two attached hydrogens (primary N) is 1. The van der Waals surface area contributed by atoms with E-state index in [0.717, 1.165) is 21.1 Å². The van der Waals surface area contributed by atoms with Crippen LogP contribution in [-0.4, -0.2) is 4.98 Å². The van der Waals surface area contributed by atoms with Gasteiger partial charge in [-0.1, -0.05) is 32.9 Å². The predicted octanol–water partition coefficient (Wildman–Crippen LogP) is 3.71. The number of benzene rings is 1. The second-order valence-corrected chi connectivity index (χ2v) is 6.34. The molecule has 2 N–H and O–H groups in total. The average molecular weight is 264 g/mol. The van der Waals surface area contributed by atoms with Crippen molar-refractivity contribution in [3.63, 3.8) is 0 Å². The van der Waals surface area contributed by atoms with Gasteiger partial charge in [-0.05, 0) is 12.1 Å². The standard InChI is InChI=1S/C14H17FN2S/c1-14(2,3)12-11(8-16)18-13(17-12)9-5-4-6-10(15)7-9/h4-7H,8,16H2,1-3H3. The molecule has 1 heterocycles. The molecule has 2 nitrogen and oxygen atoms in total. The van der Waals surface area contributed by atoms with Gasteiger partial charge in [0.25, 0.3) is 0 Å². The third-order valence-corrected chi connectivity index (χ3v) is 3.79. The topological polar surface area (TPSA) is 38.9 Å². The lowest BCUT2D eigenvalue weighted by atomic mass is 9.91. The summed E-state index contributed by atoms with van der Waals surface area (Å²) in [4.78, 5) is 5.71. The SMILES string of the molecule is CC(C)(C)c1nc(-c2cccc(F)c2)sc1CN. The third kappa shape index (κ3) is 2.60. The molecule has 4 heteroatoms. The second-order valence-electron chi connectivity index (χ2n) is 5.26. The Morgan fingerprint density at radius 1 is 1.33 bits per heavy atom. The van der Waals surface area contributed by atoms with Crippen molar-refractivity contribution < 1.29 is 4.39 Å². The van der Waals surface area contributed by atoms with Gasteiger partial charge >= 0.3 is 0 Å². The fraction of sp³-hybridized carbons (Fsp3) is 0.357. The van der Waals surface area contributed by atoms with Crippen LogP contribution in [0.15, 0.2) is 24.3 Å². The molecule has 0 aliphatic rings. The molecule has 0 radical (unpaired) electrons. The zero-order valence-corrected chi connectivity index (χ0v) is 11.6. The van der Waals surface area contributed by atoms with Gasteiger partial charge in [-0.25, -0.2) is 9.37 Å². The van der Waals surface area contributed by atoms with Crippen molar-refractivity contribution in [1.29, 1.82) is 0 Å². The zero-order valence-electron chi connectivity index (χ0n) is 10.8. The first-order chi connectivity index (χ1) is 8.41. The highest BCUT2D eigenvalue weighted by molar-refractivity contribution is 7.15. The predicted molar refractivity (Wildman–Crippen MR) is 74.1 cm³/mol. The summed E-state index contributed by atoms with van der Waals surface area (Å²) >= 11 is 1.55. The highest BCUT2D eigenvalue weighted by Crippen LogP contribution is 2.34. The van der Waals surface area contributed by atoms with E-state index in [1.807, 2.05) is 6.07 Å². The fourth-order valence-corrected chi connectivity index (χ4v) is 2.97. The van der Waals surface area contributed by atoms with Crippen molar-refractivity contribution in [3.8, 4) is 10.6 Å². The molecule has 0 saturated heterocycles. The maximum Gasteiger partial charge on any atom is 0.124 e. The molecular formula is C14H17FN2S. The van der Waals surface area contributed by atoms with E-state index in [2.05, 4.69) is 25.8 Å². The van der Waals surface area contributed by atoms with E-state index < -0.39 is 0 Å². The normalized spacial score (nSPS) is 11.8. The lowest BCUT2D eigenvalue weighted by Gasteiger charge is -2.16. The Morgan fingerprint density at radius 2 is 2.06 bits per heavy atom. The number of hydrogen-bond donors (Lipinski definition) is 1. The fourth-order valence-electron chi connectivity index (χ4n) is 1.82. The molecule has 0 aliphatic carbocycles. The van der Waals surface area contributed by atoms with Crippen LogP contribution in [0.2, 0.25) is 0 Å². The van der Waals surface area contributed by atoms with Crippen molar-refractivity contribution in [1.82, 2.24) is 4.98 Å². The van der Waals surface area contributed by atoms with E-state index in [9.17, 15) is 4.39 Å². The van der Waals surface area contributed by atoms with Crippen molar-refractivity contribution >= 4 is 11.3 Å². The Morgan fingerprint density at radius 3 is 2.56 bits per heavy atom. The highest BCUT2D eigenvalue weighted by atomic mass is 32.1. The summed E-state index contributed by atoms with van der Waals surface area (Å²) in [5.74, 6) is -0.241. The van der Waals surface area contributed by atoms with E-state index in [0.29, 0.717) is 6.54 Å². The minimum absolute atomic E-state index is 0.0449. The Balaban J connectivity index is 2.51. The third-order valence-electron chi connectivity index (χ3n) is 2.66. The highest BCUT2D eigenvalue weighted by Gasteiger charge is 2.22. The van der Waals surface area contributed by atoms with Crippen molar-refractivity contribution in [3.05, 3.63) is 40.7 Å². The van der Waals surface area contributed by atoms with E-state index in [4.69, 9.17) is 5.73 Å². The van der Waals surface area contributed by atoms with Crippen molar-refractivity contribution in [2.45, 2.75) is 32.7 Å². The summed E-state index contributed by atoms with van der Waals surface area (Å²) in [5.41, 5.74) is 7.54. The van der Waals surface area contributed by atoms with Crippen LogP contribution in [0.1, 0.15) is 31.3 Å². The van der Waals surface area contributed by atoms with Crippen LogP contribution in [0.25, 0.3) is 10.6 Å². The van der Waals surface area contributed by atoms with Crippen LogP contribution in [0.5, 0.6) is 0 Å². The van der Waals surface area contributed by atoms with Crippen LogP contribution in [-0.2, 0) is 12.0 Å². The first kappa shape index (κ1) is 13.2. The van der Waals surface area contributed by atoms with Gasteiger partial charge in [0.15, 0.2) is 0 Å². The molecule has 1 aromatic carbocycles. The Hall–Kier alpha value is -1.26. The Kier molecular flexibility index (Phi) is 3.50.